The van der Waals surface area contributed by atoms with Gasteiger partial charge in [-0.2, -0.15) is 0 Å². The van der Waals surface area contributed by atoms with E-state index in [9.17, 15) is 4.39 Å². The van der Waals surface area contributed by atoms with E-state index in [4.69, 9.17) is 0 Å². The van der Waals surface area contributed by atoms with Gasteiger partial charge >= 0.3 is 0 Å². The van der Waals surface area contributed by atoms with E-state index in [1.807, 2.05) is 12.1 Å². The molecule has 0 aromatic heterocycles. The Morgan fingerprint density at radius 2 is 1.45 bits per heavy atom. The van der Waals surface area contributed by atoms with Crippen molar-refractivity contribution in [1.29, 1.82) is 0 Å². The van der Waals surface area contributed by atoms with Gasteiger partial charge in [0.2, 0.25) is 0 Å². The monoisotopic (exact) mass is 398 g/mol. The number of alkyl halides is 2. The molecular weight excluding hydrogens is 383 g/mol. The van der Waals surface area contributed by atoms with Crippen LogP contribution in [-0.4, -0.2) is 10.7 Å². The minimum atomic E-state index is -0.188. The fourth-order valence-corrected chi connectivity index (χ4v) is 4.26. The molecule has 0 bridgehead atoms. The molecule has 2 aromatic rings. The van der Waals surface area contributed by atoms with Crippen molar-refractivity contribution in [3.63, 3.8) is 0 Å². The molecule has 0 radical (unpaired) electrons. The second-order valence-corrected chi connectivity index (χ2v) is 6.34. The van der Waals surface area contributed by atoms with Crippen molar-refractivity contribution in [2.75, 3.05) is 10.7 Å². The van der Waals surface area contributed by atoms with E-state index in [1.54, 1.807) is 0 Å². The molecule has 0 fully saturated rings. The zero-order valence-electron chi connectivity index (χ0n) is 11.4. The van der Waals surface area contributed by atoms with Crippen LogP contribution in [0.25, 0.3) is 0 Å². The van der Waals surface area contributed by atoms with Gasteiger partial charge in [0.15, 0.2) is 0 Å². The standard InChI is InChI=1S/C17H17Br2F/c1-13-2-6-15(7-3-13)17(11-18,12-19)10-14-4-8-16(20)9-5-14/h2-9H,10-12H2,1H3. The highest BCUT2D eigenvalue weighted by Gasteiger charge is 2.30. The summed E-state index contributed by atoms with van der Waals surface area (Å²) in [6.45, 7) is 2.09. The van der Waals surface area contributed by atoms with Gasteiger partial charge in [0.05, 0.1) is 0 Å². The van der Waals surface area contributed by atoms with Crippen molar-refractivity contribution in [2.45, 2.75) is 18.8 Å². The first-order chi connectivity index (χ1) is 9.59. The summed E-state index contributed by atoms with van der Waals surface area (Å²) in [5.74, 6) is -0.188. The van der Waals surface area contributed by atoms with Gasteiger partial charge in [0, 0.05) is 16.1 Å². The summed E-state index contributed by atoms with van der Waals surface area (Å²) in [6, 6.07) is 15.4. The molecule has 20 heavy (non-hydrogen) atoms. The van der Waals surface area contributed by atoms with E-state index < -0.39 is 0 Å². The molecule has 2 aromatic carbocycles. The molecule has 106 valence electrons. The summed E-state index contributed by atoms with van der Waals surface area (Å²) >= 11 is 7.31. The van der Waals surface area contributed by atoms with E-state index in [2.05, 4.69) is 63.0 Å². The molecule has 3 heteroatoms. The van der Waals surface area contributed by atoms with Crippen molar-refractivity contribution in [1.82, 2.24) is 0 Å². The average Bonchev–Trinajstić information content (AvgIpc) is 2.48. The zero-order valence-corrected chi connectivity index (χ0v) is 14.5. The molecule has 0 unspecified atom stereocenters. The summed E-state index contributed by atoms with van der Waals surface area (Å²) < 4.78 is 13.0. The molecule has 0 aliphatic carbocycles. The van der Waals surface area contributed by atoms with Crippen LogP contribution in [0.5, 0.6) is 0 Å². The summed E-state index contributed by atoms with van der Waals surface area (Å²) in [7, 11) is 0. The summed E-state index contributed by atoms with van der Waals surface area (Å²) in [5.41, 5.74) is 3.67. The number of hydrogen-bond acceptors (Lipinski definition) is 0. The number of benzene rings is 2. The van der Waals surface area contributed by atoms with Gasteiger partial charge in [-0.25, -0.2) is 4.39 Å². The molecule has 0 saturated heterocycles. The Bertz CT molecular complexity index is 542. The fourth-order valence-electron chi connectivity index (χ4n) is 2.29. The molecule has 2 rings (SSSR count). The van der Waals surface area contributed by atoms with Gasteiger partial charge < -0.3 is 0 Å². The van der Waals surface area contributed by atoms with Gasteiger partial charge in [-0.3, -0.25) is 0 Å². The molecule has 0 nitrogen and oxygen atoms in total. The van der Waals surface area contributed by atoms with Crippen LogP contribution in [0, 0.1) is 12.7 Å². The third-order valence-corrected chi connectivity index (χ3v) is 5.78. The third-order valence-electron chi connectivity index (χ3n) is 3.63. The Kier molecular flexibility index (Phi) is 5.39. The SMILES string of the molecule is Cc1ccc(C(CBr)(CBr)Cc2ccc(F)cc2)cc1. The lowest BCUT2D eigenvalue weighted by Crippen LogP contribution is -2.33. The zero-order chi connectivity index (χ0) is 14.6. The lowest BCUT2D eigenvalue weighted by atomic mass is 9.79. The minimum absolute atomic E-state index is 0.0223. The van der Waals surface area contributed by atoms with Crippen LogP contribution in [0.15, 0.2) is 48.5 Å². The molecule has 0 saturated carbocycles. The molecule has 0 amide bonds. The Balaban J connectivity index is 2.33. The smallest absolute Gasteiger partial charge is 0.123 e. The van der Waals surface area contributed by atoms with Gasteiger partial charge in [0.1, 0.15) is 5.82 Å². The molecule has 0 aliphatic rings. The van der Waals surface area contributed by atoms with Crippen LogP contribution in [0.1, 0.15) is 16.7 Å². The second kappa shape index (κ2) is 6.86. The maximum absolute atomic E-state index is 13.0. The Hall–Kier alpha value is -0.670. The molecule has 0 spiro atoms. The van der Waals surface area contributed by atoms with Crippen LogP contribution in [-0.2, 0) is 11.8 Å². The highest BCUT2D eigenvalue weighted by Crippen LogP contribution is 2.33. The number of halogens is 3. The van der Waals surface area contributed by atoms with Gasteiger partial charge in [-0.1, -0.05) is 73.8 Å². The Labute approximate surface area is 136 Å². The summed E-state index contributed by atoms with van der Waals surface area (Å²) in [4.78, 5) is 0. The molecule has 0 N–H and O–H groups in total. The fraction of sp³-hybridized carbons (Fsp3) is 0.294. The number of aryl methyl sites for hydroxylation is 1. The average molecular weight is 400 g/mol. The number of hydrogen-bond donors (Lipinski definition) is 0. The normalized spacial score (nSPS) is 11.6. The maximum atomic E-state index is 13.0. The Morgan fingerprint density at radius 1 is 0.900 bits per heavy atom. The van der Waals surface area contributed by atoms with E-state index >= 15 is 0 Å². The molecule has 0 aliphatic heterocycles. The first kappa shape index (κ1) is 15.7. The molecular formula is C17H17Br2F. The van der Waals surface area contributed by atoms with Gasteiger partial charge in [0.25, 0.3) is 0 Å². The Morgan fingerprint density at radius 3 is 1.95 bits per heavy atom. The molecule has 0 atom stereocenters. The lowest BCUT2D eigenvalue weighted by molar-refractivity contribution is 0.549. The van der Waals surface area contributed by atoms with Crippen molar-refractivity contribution < 1.29 is 4.39 Å². The van der Waals surface area contributed by atoms with E-state index in [1.165, 1.54) is 23.3 Å². The van der Waals surface area contributed by atoms with E-state index in [-0.39, 0.29) is 11.2 Å². The lowest BCUT2D eigenvalue weighted by Gasteiger charge is -2.31. The first-order valence-corrected chi connectivity index (χ1v) is 8.77. The molecule has 0 heterocycles. The highest BCUT2D eigenvalue weighted by atomic mass is 79.9. The van der Waals surface area contributed by atoms with Crippen LogP contribution < -0.4 is 0 Å². The predicted octanol–water partition coefficient (Wildman–Crippen LogP) is 5.40. The van der Waals surface area contributed by atoms with Crippen LogP contribution in [0.4, 0.5) is 4.39 Å². The summed E-state index contributed by atoms with van der Waals surface area (Å²) in [5, 5.41) is 1.71. The van der Waals surface area contributed by atoms with Gasteiger partial charge in [-0.05, 0) is 36.6 Å². The van der Waals surface area contributed by atoms with Crippen LogP contribution >= 0.6 is 31.9 Å². The van der Waals surface area contributed by atoms with Crippen molar-refractivity contribution in [3.8, 4) is 0 Å². The first-order valence-electron chi connectivity index (χ1n) is 6.53. The van der Waals surface area contributed by atoms with E-state index in [0.29, 0.717) is 0 Å². The largest absolute Gasteiger partial charge is 0.207 e. The number of rotatable bonds is 5. The highest BCUT2D eigenvalue weighted by molar-refractivity contribution is 9.09. The van der Waals surface area contributed by atoms with Crippen LogP contribution in [0.3, 0.4) is 0 Å². The topological polar surface area (TPSA) is 0 Å². The van der Waals surface area contributed by atoms with Crippen molar-refractivity contribution in [3.05, 3.63) is 71.0 Å². The predicted molar refractivity (Wildman–Crippen MR) is 90.5 cm³/mol. The minimum Gasteiger partial charge on any atom is -0.207 e. The van der Waals surface area contributed by atoms with Crippen molar-refractivity contribution >= 4 is 31.9 Å². The van der Waals surface area contributed by atoms with Crippen molar-refractivity contribution in [2.24, 2.45) is 0 Å². The van der Waals surface area contributed by atoms with Gasteiger partial charge in [-0.15, -0.1) is 0 Å². The second-order valence-electron chi connectivity index (χ2n) is 5.22. The third kappa shape index (κ3) is 3.50. The maximum Gasteiger partial charge on any atom is 0.123 e. The quantitative estimate of drug-likeness (QED) is 0.590. The summed E-state index contributed by atoms with van der Waals surface area (Å²) in [6.07, 6.45) is 0.868. The van der Waals surface area contributed by atoms with E-state index in [0.717, 1.165) is 22.6 Å². The van der Waals surface area contributed by atoms with Crippen LogP contribution in [0.2, 0.25) is 0 Å².